The minimum atomic E-state index is -1.26. The Bertz CT molecular complexity index is 848. The van der Waals surface area contributed by atoms with Crippen LogP contribution in [-0.2, 0) is 9.59 Å². The molecule has 146 valence electrons. The van der Waals surface area contributed by atoms with Crippen molar-refractivity contribution in [3.63, 3.8) is 0 Å². The Morgan fingerprint density at radius 3 is 2.25 bits per heavy atom. The first-order valence-corrected chi connectivity index (χ1v) is 9.36. The Balaban J connectivity index is 0.000000242. The predicted octanol–water partition coefficient (Wildman–Crippen LogP) is 3.33. The van der Waals surface area contributed by atoms with Gasteiger partial charge in [-0.05, 0) is 48.7 Å². The van der Waals surface area contributed by atoms with Crippen molar-refractivity contribution < 1.29 is 19.8 Å². The molecule has 2 aromatic carbocycles. The van der Waals surface area contributed by atoms with Crippen LogP contribution in [0.5, 0.6) is 0 Å². The Labute approximate surface area is 163 Å². The maximum atomic E-state index is 9.55. The number of aliphatic carboxylic acids is 2. The zero-order chi connectivity index (χ0) is 19.9. The summed E-state index contributed by atoms with van der Waals surface area (Å²) in [6.07, 6.45) is 3.56. The van der Waals surface area contributed by atoms with Crippen LogP contribution >= 0.6 is 0 Å². The van der Waals surface area contributed by atoms with E-state index >= 15 is 0 Å². The van der Waals surface area contributed by atoms with Crippen LogP contribution in [0.1, 0.15) is 24.3 Å². The van der Waals surface area contributed by atoms with Crippen LogP contribution < -0.4 is 10.6 Å². The summed E-state index contributed by atoms with van der Waals surface area (Å²) in [5.41, 5.74) is 5.63. The lowest BCUT2D eigenvalue weighted by Gasteiger charge is -2.18. The molecule has 0 spiro atoms. The first-order chi connectivity index (χ1) is 13.6. The van der Waals surface area contributed by atoms with Gasteiger partial charge in [-0.25, -0.2) is 9.59 Å². The number of fused-ring (bicyclic) bond motifs is 3. The fraction of sp³-hybridized carbons (Fsp3) is 0.273. The lowest BCUT2D eigenvalue weighted by Crippen LogP contribution is -2.21. The van der Waals surface area contributed by atoms with Crippen molar-refractivity contribution in [1.29, 1.82) is 0 Å². The van der Waals surface area contributed by atoms with E-state index < -0.39 is 11.9 Å². The van der Waals surface area contributed by atoms with Crippen molar-refractivity contribution in [1.82, 2.24) is 5.32 Å². The number of hydrogen-bond donors (Lipinski definition) is 4. The number of carbonyl (C=O) groups is 2. The highest BCUT2D eigenvalue weighted by atomic mass is 16.4. The van der Waals surface area contributed by atoms with E-state index in [1.807, 2.05) is 0 Å². The molecule has 6 heteroatoms. The van der Waals surface area contributed by atoms with E-state index in [-0.39, 0.29) is 0 Å². The van der Waals surface area contributed by atoms with E-state index in [0.717, 1.165) is 13.1 Å². The van der Waals surface area contributed by atoms with Crippen molar-refractivity contribution in [3.8, 4) is 11.1 Å². The first-order valence-electron chi connectivity index (χ1n) is 9.36. The summed E-state index contributed by atoms with van der Waals surface area (Å²) in [5.74, 6) is -1.86. The standard InChI is InChI=1S/C18H20N2.C4H4O4/c1-2-5-13(6-3-1)14-7-4-8-17-18(14)15-9-11-19-12-10-16(15)20-17;5-3(6)1-2-4(7)8/h1-8,15-16,19-20H,9-12H2;1-2H,(H,5,6)(H,7,8)/b;2-1-. The molecule has 2 aliphatic heterocycles. The smallest absolute Gasteiger partial charge is 0.328 e. The number of rotatable bonds is 3. The molecule has 0 amide bonds. The van der Waals surface area contributed by atoms with Crippen LogP contribution in [0.15, 0.2) is 60.7 Å². The van der Waals surface area contributed by atoms with Crippen LogP contribution in [0.25, 0.3) is 11.1 Å². The van der Waals surface area contributed by atoms with Crippen molar-refractivity contribution in [2.45, 2.75) is 24.8 Å². The topological polar surface area (TPSA) is 98.7 Å². The number of carboxylic acids is 2. The van der Waals surface area contributed by atoms with Crippen molar-refractivity contribution in [3.05, 3.63) is 66.2 Å². The highest BCUT2D eigenvalue weighted by Crippen LogP contribution is 2.45. The van der Waals surface area contributed by atoms with E-state index in [9.17, 15) is 9.59 Å². The lowest BCUT2D eigenvalue weighted by molar-refractivity contribution is -0.134. The molecule has 0 aliphatic carbocycles. The van der Waals surface area contributed by atoms with Gasteiger partial charge in [-0.15, -0.1) is 0 Å². The third-order valence-corrected chi connectivity index (χ3v) is 5.02. The second kappa shape index (κ2) is 9.19. The third-order valence-electron chi connectivity index (χ3n) is 5.02. The van der Waals surface area contributed by atoms with Gasteiger partial charge >= 0.3 is 11.9 Å². The number of anilines is 1. The van der Waals surface area contributed by atoms with Gasteiger partial charge in [0.15, 0.2) is 0 Å². The molecule has 2 aromatic rings. The first kappa shape index (κ1) is 19.6. The summed E-state index contributed by atoms with van der Waals surface area (Å²) < 4.78 is 0. The zero-order valence-corrected chi connectivity index (χ0v) is 15.5. The highest BCUT2D eigenvalue weighted by molar-refractivity contribution is 5.89. The monoisotopic (exact) mass is 380 g/mol. The zero-order valence-electron chi connectivity index (χ0n) is 15.5. The molecule has 0 aromatic heterocycles. The molecule has 2 aliphatic rings. The molecule has 28 heavy (non-hydrogen) atoms. The normalized spacial score (nSPS) is 20.1. The second-order valence-electron chi connectivity index (χ2n) is 6.83. The summed E-state index contributed by atoms with van der Waals surface area (Å²) in [6, 6.07) is 18.1. The summed E-state index contributed by atoms with van der Waals surface area (Å²) in [4.78, 5) is 19.1. The van der Waals surface area contributed by atoms with Crippen LogP contribution in [0, 0.1) is 0 Å². The van der Waals surface area contributed by atoms with E-state index in [2.05, 4.69) is 59.2 Å². The largest absolute Gasteiger partial charge is 0.478 e. The van der Waals surface area contributed by atoms with Gasteiger partial charge in [0.1, 0.15) is 0 Å². The van der Waals surface area contributed by atoms with Crippen molar-refractivity contribution >= 4 is 17.6 Å². The number of benzene rings is 2. The Kier molecular flexibility index (Phi) is 6.45. The van der Waals surface area contributed by atoms with Crippen LogP contribution in [0.3, 0.4) is 0 Å². The number of hydrogen-bond acceptors (Lipinski definition) is 4. The Hall–Kier alpha value is -3.12. The molecular formula is C22H24N2O4. The molecule has 4 N–H and O–H groups in total. The summed E-state index contributed by atoms with van der Waals surface area (Å²) in [6.45, 7) is 2.26. The van der Waals surface area contributed by atoms with Gasteiger partial charge in [0, 0.05) is 29.8 Å². The fourth-order valence-electron chi connectivity index (χ4n) is 3.86. The molecule has 6 nitrogen and oxygen atoms in total. The van der Waals surface area contributed by atoms with E-state index in [4.69, 9.17) is 10.2 Å². The summed E-state index contributed by atoms with van der Waals surface area (Å²) in [7, 11) is 0. The van der Waals surface area contributed by atoms with Crippen LogP contribution in [-0.4, -0.2) is 41.3 Å². The van der Waals surface area contributed by atoms with Crippen molar-refractivity contribution in [2.24, 2.45) is 0 Å². The Morgan fingerprint density at radius 2 is 1.57 bits per heavy atom. The minimum Gasteiger partial charge on any atom is -0.478 e. The molecule has 1 fully saturated rings. The quantitative estimate of drug-likeness (QED) is 0.610. The summed E-state index contributed by atoms with van der Waals surface area (Å²) >= 11 is 0. The van der Waals surface area contributed by atoms with Gasteiger partial charge in [0.05, 0.1) is 0 Å². The van der Waals surface area contributed by atoms with E-state index in [1.54, 1.807) is 0 Å². The lowest BCUT2D eigenvalue weighted by atomic mass is 9.86. The van der Waals surface area contributed by atoms with Gasteiger partial charge < -0.3 is 20.8 Å². The third kappa shape index (κ3) is 4.78. The molecule has 2 atom stereocenters. The maximum Gasteiger partial charge on any atom is 0.328 e. The molecule has 0 radical (unpaired) electrons. The predicted molar refractivity (Wildman–Crippen MR) is 109 cm³/mol. The average molecular weight is 380 g/mol. The van der Waals surface area contributed by atoms with Gasteiger partial charge in [0.25, 0.3) is 0 Å². The van der Waals surface area contributed by atoms with Crippen LogP contribution in [0.4, 0.5) is 5.69 Å². The summed E-state index contributed by atoms with van der Waals surface area (Å²) in [5, 5.41) is 22.9. The molecule has 0 bridgehead atoms. The fourth-order valence-corrected chi connectivity index (χ4v) is 3.86. The molecule has 1 saturated heterocycles. The molecule has 2 unspecified atom stereocenters. The molecular weight excluding hydrogens is 356 g/mol. The van der Waals surface area contributed by atoms with Crippen LogP contribution in [0.2, 0.25) is 0 Å². The molecule has 2 heterocycles. The van der Waals surface area contributed by atoms with E-state index in [0.29, 0.717) is 24.1 Å². The van der Waals surface area contributed by atoms with Gasteiger partial charge in [-0.3, -0.25) is 0 Å². The number of carboxylic acid groups (broad SMARTS) is 2. The SMILES string of the molecule is O=C(O)/C=C\C(=O)O.c1ccc(-c2cccc3c2C2CCNCCC2N3)cc1. The molecule has 4 rings (SSSR count). The minimum absolute atomic E-state index is 0.558. The van der Waals surface area contributed by atoms with Crippen molar-refractivity contribution in [2.75, 3.05) is 18.4 Å². The van der Waals surface area contributed by atoms with E-state index in [1.165, 1.54) is 35.2 Å². The van der Waals surface area contributed by atoms with Gasteiger partial charge in [0.2, 0.25) is 0 Å². The highest BCUT2D eigenvalue weighted by Gasteiger charge is 2.34. The molecule has 0 saturated carbocycles. The maximum absolute atomic E-state index is 9.55. The van der Waals surface area contributed by atoms with Gasteiger partial charge in [-0.1, -0.05) is 42.5 Å². The van der Waals surface area contributed by atoms with Gasteiger partial charge in [-0.2, -0.15) is 0 Å². The average Bonchev–Trinajstić information content (AvgIpc) is 2.89. The number of nitrogens with one attached hydrogen (secondary N) is 2. The second-order valence-corrected chi connectivity index (χ2v) is 6.83. The Morgan fingerprint density at radius 1 is 0.893 bits per heavy atom.